The maximum atomic E-state index is 13.2. The first-order valence-corrected chi connectivity index (χ1v) is 11.9. The molecule has 1 aliphatic heterocycles. The smallest absolute Gasteiger partial charge is 0.323 e. The van der Waals surface area contributed by atoms with Crippen molar-refractivity contribution >= 4 is 50.6 Å². The highest BCUT2D eigenvalue weighted by molar-refractivity contribution is 7.91. The molecule has 1 aromatic carbocycles. The Bertz CT molecular complexity index is 1000. The third-order valence-corrected chi connectivity index (χ3v) is 7.88. The van der Waals surface area contributed by atoms with Gasteiger partial charge in [0.05, 0.1) is 0 Å². The average molecular weight is 472 g/mol. The van der Waals surface area contributed by atoms with E-state index in [0.29, 0.717) is 17.1 Å². The number of halogens is 1. The zero-order chi connectivity index (χ0) is 21.7. The standard InChI is InChI=1S/C18H22ClN5O4S2/c19-13-4-1-5-14(12-13)22-18(26)23-9-3-10-24(17(23)16(25)21-8-7-20)30(27,28)15-6-2-11-29-15/h1-2,4-6,11-12,17H,3,7-10,20H2,(H,21,25)(H,22,26). The van der Waals surface area contributed by atoms with Gasteiger partial charge in [-0.25, -0.2) is 13.2 Å². The zero-order valence-corrected chi connectivity index (χ0v) is 18.3. The molecular weight excluding hydrogens is 450 g/mol. The number of rotatable bonds is 6. The van der Waals surface area contributed by atoms with Crippen LogP contribution in [0.2, 0.25) is 5.02 Å². The largest absolute Gasteiger partial charge is 0.352 e. The molecule has 30 heavy (non-hydrogen) atoms. The summed E-state index contributed by atoms with van der Waals surface area (Å²) in [5.41, 5.74) is 5.90. The van der Waals surface area contributed by atoms with Crippen LogP contribution in [0, 0.1) is 0 Å². The van der Waals surface area contributed by atoms with Crippen LogP contribution in [0.1, 0.15) is 6.42 Å². The van der Waals surface area contributed by atoms with E-state index in [1.165, 1.54) is 11.0 Å². The third-order valence-electron chi connectivity index (χ3n) is 4.42. The molecule has 1 fully saturated rings. The van der Waals surface area contributed by atoms with Gasteiger partial charge in [-0.05, 0) is 36.1 Å². The first-order valence-electron chi connectivity index (χ1n) is 9.21. The molecule has 1 atom stereocenters. The second kappa shape index (κ2) is 9.75. The predicted molar refractivity (Wildman–Crippen MR) is 116 cm³/mol. The van der Waals surface area contributed by atoms with Gasteiger partial charge in [0.2, 0.25) is 0 Å². The number of carbonyl (C=O) groups excluding carboxylic acids is 2. The van der Waals surface area contributed by atoms with Crippen molar-refractivity contribution in [2.75, 3.05) is 31.5 Å². The topological polar surface area (TPSA) is 125 Å². The Morgan fingerprint density at radius 1 is 1.23 bits per heavy atom. The van der Waals surface area contributed by atoms with E-state index in [9.17, 15) is 18.0 Å². The van der Waals surface area contributed by atoms with Gasteiger partial charge in [-0.3, -0.25) is 9.69 Å². The highest BCUT2D eigenvalue weighted by Gasteiger charge is 2.44. The van der Waals surface area contributed by atoms with Gasteiger partial charge in [-0.2, -0.15) is 4.31 Å². The fourth-order valence-corrected chi connectivity index (χ4v) is 6.01. The summed E-state index contributed by atoms with van der Waals surface area (Å²) in [5.74, 6) is -0.610. The van der Waals surface area contributed by atoms with Crippen molar-refractivity contribution in [3.8, 4) is 0 Å². The summed E-state index contributed by atoms with van der Waals surface area (Å²) in [5, 5.41) is 7.36. The molecule has 0 spiro atoms. The van der Waals surface area contributed by atoms with E-state index in [1.54, 1.807) is 35.7 Å². The molecule has 9 nitrogen and oxygen atoms in total. The average Bonchev–Trinajstić information content (AvgIpc) is 3.27. The minimum absolute atomic E-state index is 0.108. The molecule has 1 aromatic heterocycles. The molecule has 0 bridgehead atoms. The van der Waals surface area contributed by atoms with Crippen molar-refractivity contribution in [3.05, 3.63) is 46.8 Å². The number of benzene rings is 1. The van der Waals surface area contributed by atoms with Gasteiger partial charge in [0.25, 0.3) is 15.9 Å². The van der Waals surface area contributed by atoms with Crippen LogP contribution in [-0.4, -0.2) is 61.9 Å². The molecule has 1 saturated heterocycles. The SMILES string of the molecule is NCCNC(=O)C1N(C(=O)Nc2cccc(Cl)c2)CCCN1S(=O)(=O)c1cccs1. The van der Waals surface area contributed by atoms with E-state index in [4.69, 9.17) is 17.3 Å². The van der Waals surface area contributed by atoms with E-state index in [-0.39, 0.29) is 30.4 Å². The number of nitrogens with two attached hydrogens (primary N) is 1. The van der Waals surface area contributed by atoms with Crippen molar-refractivity contribution in [2.24, 2.45) is 5.73 Å². The van der Waals surface area contributed by atoms with Crippen LogP contribution in [0.5, 0.6) is 0 Å². The number of amides is 3. The van der Waals surface area contributed by atoms with Crippen LogP contribution in [-0.2, 0) is 14.8 Å². The molecule has 3 rings (SSSR count). The Labute approximate surface area is 183 Å². The quantitative estimate of drug-likeness (QED) is 0.591. The van der Waals surface area contributed by atoms with E-state index >= 15 is 0 Å². The van der Waals surface area contributed by atoms with Gasteiger partial charge in [0, 0.05) is 36.9 Å². The normalized spacial score (nSPS) is 17.5. The molecule has 3 amide bonds. The highest BCUT2D eigenvalue weighted by Crippen LogP contribution is 2.27. The van der Waals surface area contributed by atoms with Crippen LogP contribution in [0.3, 0.4) is 0 Å². The van der Waals surface area contributed by atoms with Crippen molar-refractivity contribution in [1.82, 2.24) is 14.5 Å². The lowest BCUT2D eigenvalue weighted by atomic mass is 10.2. The number of hydrogen-bond donors (Lipinski definition) is 3. The molecule has 0 aliphatic carbocycles. The number of nitrogens with one attached hydrogen (secondary N) is 2. The lowest BCUT2D eigenvalue weighted by Crippen LogP contribution is -2.64. The van der Waals surface area contributed by atoms with E-state index in [1.807, 2.05) is 0 Å². The fraction of sp³-hybridized carbons (Fsp3) is 0.333. The Hall–Kier alpha value is -2.18. The predicted octanol–water partition coefficient (Wildman–Crippen LogP) is 1.73. The maximum Gasteiger partial charge on any atom is 0.323 e. The van der Waals surface area contributed by atoms with Gasteiger partial charge in [-0.1, -0.05) is 23.7 Å². The summed E-state index contributed by atoms with van der Waals surface area (Å²) >= 11 is 7.02. The molecule has 1 aliphatic rings. The van der Waals surface area contributed by atoms with Crippen LogP contribution in [0.4, 0.5) is 10.5 Å². The van der Waals surface area contributed by atoms with E-state index in [2.05, 4.69) is 10.6 Å². The zero-order valence-electron chi connectivity index (χ0n) is 16.0. The Balaban J connectivity index is 1.92. The van der Waals surface area contributed by atoms with Gasteiger partial charge >= 0.3 is 6.03 Å². The minimum atomic E-state index is -3.97. The van der Waals surface area contributed by atoms with Crippen LogP contribution in [0.25, 0.3) is 0 Å². The van der Waals surface area contributed by atoms with E-state index in [0.717, 1.165) is 15.6 Å². The number of hydrogen-bond acceptors (Lipinski definition) is 6. The molecule has 162 valence electrons. The van der Waals surface area contributed by atoms with Crippen molar-refractivity contribution < 1.29 is 18.0 Å². The van der Waals surface area contributed by atoms with Crippen molar-refractivity contribution in [2.45, 2.75) is 16.8 Å². The van der Waals surface area contributed by atoms with Gasteiger partial charge in [-0.15, -0.1) is 11.3 Å². The molecular formula is C18H22ClN5O4S2. The Morgan fingerprint density at radius 3 is 2.70 bits per heavy atom. The molecule has 0 radical (unpaired) electrons. The molecule has 2 heterocycles. The second-order valence-electron chi connectivity index (χ2n) is 6.49. The number of urea groups is 1. The van der Waals surface area contributed by atoms with Crippen LogP contribution in [0.15, 0.2) is 46.0 Å². The first-order chi connectivity index (χ1) is 14.3. The molecule has 12 heteroatoms. The van der Waals surface area contributed by atoms with Crippen LogP contribution >= 0.6 is 22.9 Å². The number of carbonyl (C=O) groups is 2. The lowest BCUT2D eigenvalue weighted by molar-refractivity contribution is -0.130. The first kappa shape index (κ1) is 22.5. The summed E-state index contributed by atoms with van der Waals surface area (Å²) in [4.78, 5) is 27.1. The van der Waals surface area contributed by atoms with Gasteiger partial charge in [0.1, 0.15) is 4.21 Å². The molecule has 4 N–H and O–H groups in total. The second-order valence-corrected chi connectivity index (χ2v) is 9.99. The minimum Gasteiger partial charge on any atom is -0.352 e. The summed E-state index contributed by atoms with van der Waals surface area (Å²) in [6.45, 7) is 0.669. The summed E-state index contributed by atoms with van der Waals surface area (Å²) in [6.07, 6.45) is -0.953. The van der Waals surface area contributed by atoms with Crippen molar-refractivity contribution in [1.29, 1.82) is 0 Å². The number of nitrogens with zero attached hydrogens (tertiary/aromatic N) is 2. The fourth-order valence-electron chi connectivity index (χ4n) is 3.11. The van der Waals surface area contributed by atoms with E-state index < -0.39 is 28.1 Å². The van der Waals surface area contributed by atoms with Gasteiger partial charge in [0.15, 0.2) is 6.17 Å². The summed E-state index contributed by atoms with van der Waals surface area (Å²) < 4.78 is 27.5. The highest BCUT2D eigenvalue weighted by atomic mass is 35.5. The van der Waals surface area contributed by atoms with Crippen molar-refractivity contribution in [3.63, 3.8) is 0 Å². The number of thiophene rings is 1. The van der Waals surface area contributed by atoms with Crippen LogP contribution < -0.4 is 16.4 Å². The Kier molecular flexibility index (Phi) is 7.32. The maximum absolute atomic E-state index is 13.2. The summed E-state index contributed by atoms with van der Waals surface area (Å²) in [6, 6.07) is 9.04. The molecule has 0 saturated carbocycles. The lowest BCUT2D eigenvalue weighted by Gasteiger charge is -2.41. The van der Waals surface area contributed by atoms with Gasteiger partial charge < -0.3 is 16.4 Å². The Morgan fingerprint density at radius 2 is 2.03 bits per heavy atom. The molecule has 2 aromatic rings. The monoisotopic (exact) mass is 471 g/mol. The number of anilines is 1. The number of sulfonamides is 1. The molecule has 1 unspecified atom stereocenters. The summed E-state index contributed by atoms with van der Waals surface area (Å²) in [7, 11) is -3.97. The third kappa shape index (κ3) is 4.93.